The lowest BCUT2D eigenvalue weighted by molar-refractivity contribution is 0.0563. The van der Waals surface area contributed by atoms with Crippen molar-refractivity contribution in [1.82, 2.24) is 0 Å². The van der Waals surface area contributed by atoms with Crippen LogP contribution in [0.25, 0.3) is 0 Å². The molecule has 0 aliphatic heterocycles. The largest absolute Gasteiger partial charge is 0.508 e. The number of carbonyl (C=O) groups is 1. The molecule has 0 fully saturated rings. The molecule has 0 aromatic carbocycles. The van der Waals surface area contributed by atoms with Gasteiger partial charge in [-0.15, -0.1) is 0 Å². The van der Waals surface area contributed by atoms with Crippen molar-refractivity contribution < 1.29 is 24.1 Å². The summed E-state index contributed by atoms with van der Waals surface area (Å²) in [6.45, 7) is 8.02. The van der Waals surface area contributed by atoms with Gasteiger partial charge in [-0.05, 0) is 24.8 Å². The normalized spacial score (nSPS) is 11.0. The fourth-order valence-electron chi connectivity index (χ4n) is 3.94. The first kappa shape index (κ1) is 32.9. The summed E-state index contributed by atoms with van der Waals surface area (Å²) >= 11 is 0. The maximum Gasteiger partial charge on any atom is 0.508 e. The zero-order valence-electron chi connectivity index (χ0n) is 22.5. The molecular weight excluding hydrogens is 428 g/mol. The van der Waals surface area contributed by atoms with Crippen LogP contribution in [0.2, 0.25) is 0 Å². The summed E-state index contributed by atoms with van der Waals surface area (Å²) in [5, 5.41) is 8.72. The lowest BCUT2D eigenvalue weighted by Crippen LogP contribution is -2.12. The molecule has 0 spiro atoms. The van der Waals surface area contributed by atoms with Gasteiger partial charge in [-0.25, -0.2) is 4.79 Å². The first-order chi connectivity index (χ1) is 16.7. The molecule has 0 saturated carbocycles. The fourth-order valence-corrected chi connectivity index (χ4v) is 3.94. The number of rotatable bonds is 27. The first-order valence-corrected chi connectivity index (χ1v) is 14.4. The summed E-state index contributed by atoms with van der Waals surface area (Å²) in [6.07, 6.45) is 24.5. The standard InChI is InChI=1S/C29H56O5/c1-3-4-5-6-7-8-9-10-11-12-13-14-15-16-18-22-25-33-29(31)34-27-28(2)26-32-24-21-19-17-20-23-30/h30H,2-27H2,1H3. The third-order valence-corrected chi connectivity index (χ3v) is 6.11. The van der Waals surface area contributed by atoms with E-state index in [-0.39, 0.29) is 13.2 Å². The van der Waals surface area contributed by atoms with E-state index in [9.17, 15) is 4.79 Å². The summed E-state index contributed by atoms with van der Waals surface area (Å²) in [4.78, 5) is 11.6. The number of aliphatic hydroxyl groups excluding tert-OH is 1. The van der Waals surface area contributed by atoms with Crippen LogP contribution in [0.5, 0.6) is 0 Å². The molecule has 0 heterocycles. The molecule has 0 aliphatic rings. The van der Waals surface area contributed by atoms with Crippen LogP contribution in [-0.2, 0) is 14.2 Å². The highest BCUT2D eigenvalue weighted by atomic mass is 16.7. The van der Waals surface area contributed by atoms with Crippen LogP contribution in [0, 0.1) is 0 Å². The third kappa shape index (κ3) is 27.2. The Hall–Kier alpha value is -1.07. The second-order valence-corrected chi connectivity index (χ2v) is 9.63. The van der Waals surface area contributed by atoms with Gasteiger partial charge in [0.25, 0.3) is 0 Å². The Morgan fingerprint density at radius 1 is 0.588 bits per heavy atom. The molecule has 34 heavy (non-hydrogen) atoms. The van der Waals surface area contributed by atoms with Crippen molar-refractivity contribution in [3.8, 4) is 0 Å². The van der Waals surface area contributed by atoms with E-state index in [4.69, 9.17) is 19.3 Å². The lowest BCUT2D eigenvalue weighted by atomic mass is 10.0. The van der Waals surface area contributed by atoms with E-state index in [1.165, 1.54) is 89.9 Å². The van der Waals surface area contributed by atoms with Gasteiger partial charge >= 0.3 is 6.16 Å². The maximum absolute atomic E-state index is 11.6. The summed E-state index contributed by atoms with van der Waals surface area (Å²) < 4.78 is 15.7. The van der Waals surface area contributed by atoms with Crippen LogP contribution >= 0.6 is 0 Å². The molecule has 5 heteroatoms. The van der Waals surface area contributed by atoms with Gasteiger partial charge in [-0.3, -0.25) is 0 Å². The first-order valence-electron chi connectivity index (χ1n) is 14.4. The van der Waals surface area contributed by atoms with Crippen LogP contribution < -0.4 is 0 Å². The molecule has 0 amide bonds. The summed E-state index contributed by atoms with van der Waals surface area (Å²) in [7, 11) is 0. The molecule has 0 aromatic heterocycles. The van der Waals surface area contributed by atoms with Crippen molar-refractivity contribution in [2.75, 3.05) is 33.0 Å². The average molecular weight is 485 g/mol. The van der Waals surface area contributed by atoms with E-state index in [0.29, 0.717) is 19.8 Å². The molecule has 0 aromatic rings. The van der Waals surface area contributed by atoms with Crippen LogP contribution in [0.4, 0.5) is 4.79 Å². The lowest BCUT2D eigenvalue weighted by Gasteiger charge is -2.09. The molecule has 0 atom stereocenters. The number of carbonyl (C=O) groups excluding carboxylic acids is 1. The Bertz CT molecular complexity index is 438. The van der Waals surface area contributed by atoms with Gasteiger partial charge in [-0.2, -0.15) is 0 Å². The smallest absolute Gasteiger partial charge is 0.434 e. The maximum atomic E-state index is 11.6. The molecule has 1 N–H and O–H groups in total. The van der Waals surface area contributed by atoms with Gasteiger partial charge in [0.05, 0.1) is 13.2 Å². The van der Waals surface area contributed by atoms with Crippen LogP contribution in [0.15, 0.2) is 12.2 Å². The zero-order chi connectivity index (χ0) is 25.0. The summed E-state index contributed by atoms with van der Waals surface area (Å²) in [5.74, 6) is 0. The van der Waals surface area contributed by atoms with Crippen molar-refractivity contribution in [2.45, 2.75) is 135 Å². The average Bonchev–Trinajstić information content (AvgIpc) is 2.84. The predicted molar refractivity (Wildman–Crippen MR) is 142 cm³/mol. The Kier molecular flexibility index (Phi) is 27.3. The highest BCUT2D eigenvalue weighted by Crippen LogP contribution is 2.13. The third-order valence-electron chi connectivity index (χ3n) is 6.11. The van der Waals surface area contributed by atoms with Crippen LogP contribution in [-0.4, -0.2) is 44.3 Å². The number of hydrogen-bond acceptors (Lipinski definition) is 5. The van der Waals surface area contributed by atoms with Crippen molar-refractivity contribution >= 4 is 6.16 Å². The van der Waals surface area contributed by atoms with Crippen molar-refractivity contribution in [1.29, 1.82) is 0 Å². The van der Waals surface area contributed by atoms with Gasteiger partial charge in [0.1, 0.15) is 6.61 Å². The van der Waals surface area contributed by atoms with Gasteiger partial charge < -0.3 is 19.3 Å². The molecule has 5 nitrogen and oxygen atoms in total. The topological polar surface area (TPSA) is 65.0 Å². The van der Waals surface area contributed by atoms with E-state index in [0.717, 1.165) is 44.1 Å². The zero-order valence-corrected chi connectivity index (χ0v) is 22.5. The number of unbranched alkanes of at least 4 members (excludes halogenated alkanes) is 18. The minimum Gasteiger partial charge on any atom is -0.434 e. The summed E-state index contributed by atoms with van der Waals surface area (Å²) in [6, 6.07) is 0. The molecule has 0 saturated heterocycles. The second kappa shape index (κ2) is 28.2. The quantitative estimate of drug-likeness (QED) is 0.0719. The second-order valence-electron chi connectivity index (χ2n) is 9.63. The van der Waals surface area contributed by atoms with Crippen molar-refractivity contribution in [2.24, 2.45) is 0 Å². The van der Waals surface area contributed by atoms with E-state index in [1.807, 2.05) is 0 Å². The molecule has 0 unspecified atom stereocenters. The van der Waals surface area contributed by atoms with E-state index in [1.54, 1.807) is 0 Å². The molecule has 0 aliphatic carbocycles. The molecule has 202 valence electrons. The monoisotopic (exact) mass is 484 g/mol. The van der Waals surface area contributed by atoms with Crippen molar-refractivity contribution in [3.63, 3.8) is 0 Å². The molecule has 0 radical (unpaired) electrons. The molecular formula is C29H56O5. The minimum absolute atomic E-state index is 0.141. The predicted octanol–water partition coefficient (Wildman–Crippen LogP) is 8.53. The Labute approximate surface area is 211 Å². The fraction of sp³-hybridized carbons (Fsp3) is 0.897. The Morgan fingerprint density at radius 2 is 1.03 bits per heavy atom. The number of aliphatic hydroxyl groups is 1. The highest BCUT2D eigenvalue weighted by Gasteiger charge is 2.05. The highest BCUT2D eigenvalue weighted by molar-refractivity contribution is 5.60. The number of hydrogen-bond donors (Lipinski definition) is 1. The SMILES string of the molecule is C=C(COCCCCCCO)COC(=O)OCCCCCCCCCCCCCCCCCC. The molecule has 0 rings (SSSR count). The minimum atomic E-state index is -0.619. The van der Waals surface area contributed by atoms with Crippen LogP contribution in [0.1, 0.15) is 135 Å². The number of ether oxygens (including phenoxy) is 3. The van der Waals surface area contributed by atoms with E-state index < -0.39 is 6.16 Å². The van der Waals surface area contributed by atoms with Gasteiger partial charge in [0.15, 0.2) is 0 Å². The Morgan fingerprint density at radius 3 is 1.53 bits per heavy atom. The van der Waals surface area contributed by atoms with Gasteiger partial charge in [0, 0.05) is 13.2 Å². The Balaban J connectivity index is 3.25. The van der Waals surface area contributed by atoms with Gasteiger partial charge in [-0.1, -0.05) is 123 Å². The van der Waals surface area contributed by atoms with E-state index >= 15 is 0 Å². The van der Waals surface area contributed by atoms with E-state index in [2.05, 4.69) is 13.5 Å². The van der Waals surface area contributed by atoms with Gasteiger partial charge in [0.2, 0.25) is 0 Å². The summed E-state index contributed by atoms with van der Waals surface area (Å²) in [5.41, 5.74) is 0.731. The van der Waals surface area contributed by atoms with Crippen molar-refractivity contribution in [3.05, 3.63) is 12.2 Å². The van der Waals surface area contributed by atoms with Crippen LogP contribution in [0.3, 0.4) is 0 Å². The molecule has 0 bridgehead atoms.